The molecule has 3 aromatic carbocycles. The first-order valence-electron chi connectivity index (χ1n) is 6.98. The van der Waals surface area contributed by atoms with Crippen LogP contribution < -0.4 is 10.8 Å². The number of nitrogens with two attached hydrogens (primary N) is 1. The number of anilines is 1. The molecule has 3 aromatic rings. The Morgan fingerprint density at radius 1 is 0.826 bits per heavy atom. The molecule has 0 aromatic heterocycles. The Kier molecular flexibility index (Phi) is 3.78. The highest BCUT2D eigenvalue weighted by molar-refractivity contribution is 6.07. The van der Waals surface area contributed by atoms with Crippen LogP contribution in [-0.4, -0.2) is 17.0 Å². The van der Waals surface area contributed by atoms with Gasteiger partial charge in [0.05, 0.1) is 5.69 Å². The molecule has 0 spiro atoms. The topological polar surface area (TPSA) is 83.6 Å². The van der Waals surface area contributed by atoms with Crippen molar-refractivity contribution < 1.29 is 14.8 Å². The lowest BCUT2D eigenvalue weighted by Crippen LogP contribution is -2.26. The van der Waals surface area contributed by atoms with Crippen LogP contribution in [0.2, 0.25) is 0 Å². The number of rotatable bonds is 3. The first kappa shape index (κ1) is 14.7. The molecule has 5 heteroatoms. The van der Waals surface area contributed by atoms with Gasteiger partial charge in [0.1, 0.15) is 0 Å². The van der Waals surface area contributed by atoms with E-state index in [1.54, 1.807) is 66.7 Å². The summed E-state index contributed by atoms with van der Waals surface area (Å²) < 4.78 is 0. The van der Waals surface area contributed by atoms with E-state index in [9.17, 15) is 14.8 Å². The molecule has 0 unspecified atom stereocenters. The van der Waals surface area contributed by atoms with Gasteiger partial charge in [0.2, 0.25) is 5.91 Å². The highest BCUT2D eigenvalue weighted by atomic mass is 16.5. The average molecular weight is 306 g/mol. The lowest BCUT2D eigenvalue weighted by atomic mass is 10.0. The van der Waals surface area contributed by atoms with Crippen LogP contribution in [0.3, 0.4) is 0 Å². The summed E-state index contributed by atoms with van der Waals surface area (Å²) >= 11 is 0. The second-order valence-electron chi connectivity index (χ2n) is 5.09. The molecule has 0 radical (unpaired) electrons. The van der Waals surface area contributed by atoms with Crippen molar-refractivity contribution in [3.05, 3.63) is 77.9 Å². The average Bonchev–Trinajstić information content (AvgIpc) is 2.60. The van der Waals surface area contributed by atoms with Crippen LogP contribution in [0.5, 0.6) is 0 Å². The van der Waals surface area contributed by atoms with Crippen molar-refractivity contribution in [2.75, 3.05) is 5.06 Å². The number of carbonyl (C=O) groups excluding carboxylic acids is 2. The summed E-state index contributed by atoms with van der Waals surface area (Å²) in [5.41, 5.74) is 6.33. The van der Waals surface area contributed by atoms with E-state index in [2.05, 4.69) is 0 Å². The first-order chi connectivity index (χ1) is 11.1. The van der Waals surface area contributed by atoms with Gasteiger partial charge < -0.3 is 5.73 Å². The number of hydrogen-bond donors (Lipinski definition) is 2. The van der Waals surface area contributed by atoms with Gasteiger partial charge in [0.25, 0.3) is 5.91 Å². The van der Waals surface area contributed by atoms with Crippen LogP contribution >= 0.6 is 0 Å². The Morgan fingerprint density at radius 2 is 1.43 bits per heavy atom. The van der Waals surface area contributed by atoms with Crippen LogP contribution in [0.15, 0.2) is 66.7 Å². The van der Waals surface area contributed by atoms with Gasteiger partial charge in [-0.3, -0.25) is 14.8 Å². The second-order valence-corrected chi connectivity index (χ2v) is 5.09. The Morgan fingerprint density at radius 3 is 2.09 bits per heavy atom. The van der Waals surface area contributed by atoms with Crippen molar-refractivity contribution >= 4 is 28.3 Å². The number of fused-ring (bicyclic) bond motifs is 1. The Bertz CT molecular complexity index is 891. The minimum atomic E-state index is -0.553. The van der Waals surface area contributed by atoms with E-state index in [4.69, 9.17) is 5.73 Å². The van der Waals surface area contributed by atoms with E-state index >= 15 is 0 Å². The van der Waals surface area contributed by atoms with Crippen molar-refractivity contribution in [2.45, 2.75) is 0 Å². The van der Waals surface area contributed by atoms with Crippen LogP contribution in [0.4, 0.5) is 5.69 Å². The molecular formula is C18H14N2O3. The van der Waals surface area contributed by atoms with Crippen molar-refractivity contribution in [2.24, 2.45) is 5.73 Å². The third-order valence-corrected chi connectivity index (χ3v) is 3.56. The van der Waals surface area contributed by atoms with E-state index < -0.39 is 11.8 Å². The molecule has 3 N–H and O–H groups in total. The molecule has 0 heterocycles. The number of para-hydroxylation sites is 1. The third-order valence-electron chi connectivity index (χ3n) is 3.56. The quantitative estimate of drug-likeness (QED) is 0.576. The number of hydrogen-bond acceptors (Lipinski definition) is 3. The Hall–Kier alpha value is -3.18. The largest absolute Gasteiger partial charge is 0.366 e. The molecule has 114 valence electrons. The summed E-state index contributed by atoms with van der Waals surface area (Å²) in [7, 11) is 0. The summed E-state index contributed by atoms with van der Waals surface area (Å²) in [5.74, 6) is -1.08. The van der Waals surface area contributed by atoms with Crippen LogP contribution in [-0.2, 0) is 0 Å². The molecular weight excluding hydrogens is 292 g/mol. The second kappa shape index (κ2) is 5.90. The molecule has 0 aliphatic heterocycles. The van der Waals surface area contributed by atoms with Crippen LogP contribution in [0, 0.1) is 0 Å². The van der Waals surface area contributed by atoms with Gasteiger partial charge in [0.15, 0.2) is 0 Å². The highest BCUT2D eigenvalue weighted by Gasteiger charge is 2.16. The predicted octanol–water partition coefficient (Wildman–Crippen LogP) is 2.97. The van der Waals surface area contributed by atoms with Gasteiger partial charge in [0, 0.05) is 11.1 Å². The van der Waals surface area contributed by atoms with Gasteiger partial charge in [-0.15, -0.1) is 0 Å². The number of amides is 2. The molecule has 0 bridgehead atoms. The van der Waals surface area contributed by atoms with E-state index in [0.717, 1.165) is 5.39 Å². The molecule has 23 heavy (non-hydrogen) atoms. The van der Waals surface area contributed by atoms with Crippen molar-refractivity contribution in [1.82, 2.24) is 0 Å². The van der Waals surface area contributed by atoms with Gasteiger partial charge in [-0.25, -0.2) is 0 Å². The normalized spacial score (nSPS) is 10.5. The maximum absolute atomic E-state index is 12.4. The van der Waals surface area contributed by atoms with Crippen LogP contribution in [0.1, 0.15) is 20.7 Å². The SMILES string of the molecule is NC(=O)c1ccc2ccc(C(=O)N(O)c3ccccc3)cc2c1. The standard InChI is InChI=1S/C18H14N2O3/c19-17(21)13-8-6-12-7-9-14(11-15(12)10-13)18(22)20(23)16-4-2-1-3-5-16/h1-11,23H,(H2,19,21). The van der Waals surface area contributed by atoms with Crippen molar-refractivity contribution in [3.63, 3.8) is 0 Å². The smallest absolute Gasteiger partial charge is 0.282 e. The van der Waals surface area contributed by atoms with Crippen molar-refractivity contribution in [3.8, 4) is 0 Å². The summed E-state index contributed by atoms with van der Waals surface area (Å²) in [6.07, 6.45) is 0. The number of carbonyl (C=O) groups is 2. The number of primary amides is 1. The fourth-order valence-corrected chi connectivity index (χ4v) is 2.34. The molecule has 3 rings (SSSR count). The maximum Gasteiger partial charge on any atom is 0.282 e. The van der Waals surface area contributed by atoms with E-state index in [-0.39, 0.29) is 0 Å². The van der Waals surface area contributed by atoms with E-state index in [1.165, 1.54) is 0 Å². The summed E-state index contributed by atoms with van der Waals surface area (Å²) in [5, 5.41) is 12.2. The summed E-state index contributed by atoms with van der Waals surface area (Å²) in [6.45, 7) is 0. The molecule has 0 fully saturated rings. The number of hydroxylamine groups is 1. The minimum absolute atomic E-state index is 0.311. The molecule has 0 saturated carbocycles. The summed E-state index contributed by atoms with van der Waals surface area (Å²) in [4.78, 5) is 23.7. The van der Waals surface area contributed by atoms with Crippen LogP contribution in [0.25, 0.3) is 10.8 Å². The van der Waals surface area contributed by atoms with Gasteiger partial charge in [-0.05, 0) is 47.2 Å². The summed E-state index contributed by atoms with van der Waals surface area (Å²) in [6, 6.07) is 18.5. The molecule has 5 nitrogen and oxygen atoms in total. The molecule has 2 amide bonds. The minimum Gasteiger partial charge on any atom is -0.366 e. The Labute approximate surface area is 132 Å². The molecule has 0 saturated heterocycles. The van der Waals surface area contributed by atoms with Gasteiger partial charge >= 0.3 is 0 Å². The zero-order valence-electron chi connectivity index (χ0n) is 12.1. The number of nitrogens with zero attached hydrogens (tertiary/aromatic N) is 1. The lowest BCUT2D eigenvalue weighted by Gasteiger charge is -2.15. The number of benzene rings is 3. The van der Waals surface area contributed by atoms with Crippen molar-refractivity contribution in [1.29, 1.82) is 0 Å². The fourth-order valence-electron chi connectivity index (χ4n) is 2.34. The third kappa shape index (κ3) is 2.90. The highest BCUT2D eigenvalue weighted by Crippen LogP contribution is 2.20. The van der Waals surface area contributed by atoms with Gasteiger partial charge in [-0.2, -0.15) is 5.06 Å². The molecule has 0 atom stereocenters. The zero-order valence-corrected chi connectivity index (χ0v) is 12.1. The predicted molar refractivity (Wildman–Crippen MR) is 87.5 cm³/mol. The lowest BCUT2D eigenvalue weighted by molar-refractivity contribution is 0.0854. The Balaban J connectivity index is 1.99. The van der Waals surface area contributed by atoms with E-state index in [1.807, 2.05) is 0 Å². The van der Waals surface area contributed by atoms with E-state index in [0.29, 0.717) is 27.3 Å². The zero-order chi connectivity index (χ0) is 16.4. The first-order valence-corrected chi connectivity index (χ1v) is 6.98. The van der Waals surface area contributed by atoms with Gasteiger partial charge in [-0.1, -0.05) is 30.3 Å². The maximum atomic E-state index is 12.4. The molecule has 0 aliphatic carbocycles. The fraction of sp³-hybridized carbons (Fsp3) is 0. The monoisotopic (exact) mass is 306 g/mol. The molecule has 0 aliphatic rings.